The lowest BCUT2D eigenvalue weighted by Crippen LogP contribution is -2.03. The number of amides is 1. The van der Waals surface area contributed by atoms with Gasteiger partial charge in [-0.25, -0.2) is 4.39 Å². The normalized spacial score (nSPS) is 15.5. The molecule has 0 spiro atoms. The van der Waals surface area contributed by atoms with E-state index in [1.807, 2.05) is 25.1 Å². The fourth-order valence-corrected chi connectivity index (χ4v) is 2.21. The Kier molecular flexibility index (Phi) is 2.67. The van der Waals surface area contributed by atoms with E-state index in [-0.39, 0.29) is 11.7 Å². The number of hydrogen-bond acceptors (Lipinski definition) is 1. The number of fused-ring (bicyclic) bond motifs is 1. The third-order valence-electron chi connectivity index (χ3n) is 3.12. The molecule has 0 atom stereocenters. The van der Waals surface area contributed by atoms with Crippen LogP contribution in [0.4, 0.5) is 10.1 Å². The quantitative estimate of drug-likeness (QED) is 0.772. The van der Waals surface area contributed by atoms with Crippen LogP contribution in [0.5, 0.6) is 0 Å². The molecule has 0 radical (unpaired) electrons. The van der Waals surface area contributed by atoms with Crippen LogP contribution >= 0.6 is 0 Å². The molecular formula is C16H12FNO. The van der Waals surface area contributed by atoms with E-state index in [1.54, 1.807) is 18.2 Å². The van der Waals surface area contributed by atoms with Crippen molar-refractivity contribution in [3.8, 4) is 0 Å². The van der Waals surface area contributed by atoms with Crippen molar-refractivity contribution in [3.63, 3.8) is 0 Å². The molecule has 2 nitrogen and oxygen atoms in total. The second kappa shape index (κ2) is 4.35. The summed E-state index contributed by atoms with van der Waals surface area (Å²) in [7, 11) is 0. The number of rotatable bonds is 1. The van der Waals surface area contributed by atoms with Crippen LogP contribution in [0.25, 0.3) is 11.6 Å². The summed E-state index contributed by atoms with van der Waals surface area (Å²) < 4.78 is 13.2. The van der Waals surface area contributed by atoms with Crippen molar-refractivity contribution in [2.45, 2.75) is 6.92 Å². The summed E-state index contributed by atoms with van der Waals surface area (Å²) in [6, 6.07) is 12.0. The predicted molar refractivity (Wildman–Crippen MR) is 74.1 cm³/mol. The molecule has 1 N–H and O–H groups in total. The van der Waals surface area contributed by atoms with Gasteiger partial charge in [-0.1, -0.05) is 24.3 Å². The Morgan fingerprint density at radius 1 is 1.16 bits per heavy atom. The molecule has 2 aromatic carbocycles. The zero-order valence-electron chi connectivity index (χ0n) is 10.4. The molecule has 19 heavy (non-hydrogen) atoms. The molecule has 2 aromatic rings. The summed E-state index contributed by atoms with van der Waals surface area (Å²) in [4.78, 5) is 12.0. The minimum absolute atomic E-state index is 0.148. The number of aryl methyl sites for hydroxylation is 1. The van der Waals surface area contributed by atoms with E-state index < -0.39 is 0 Å². The van der Waals surface area contributed by atoms with Crippen molar-refractivity contribution in [2.24, 2.45) is 0 Å². The van der Waals surface area contributed by atoms with E-state index in [4.69, 9.17) is 0 Å². The molecule has 0 bridgehead atoms. The molecule has 0 aromatic heterocycles. The van der Waals surface area contributed by atoms with E-state index in [0.717, 1.165) is 16.8 Å². The van der Waals surface area contributed by atoms with Crippen molar-refractivity contribution in [1.82, 2.24) is 0 Å². The van der Waals surface area contributed by atoms with E-state index >= 15 is 0 Å². The Hall–Kier alpha value is -2.42. The summed E-state index contributed by atoms with van der Waals surface area (Å²) in [6.07, 6.45) is 1.71. The SMILES string of the molecule is Cc1ccc2c(c1)NC(=O)C2=Cc1cccc(F)c1. The third-order valence-corrected chi connectivity index (χ3v) is 3.12. The van der Waals surface area contributed by atoms with Crippen molar-refractivity contribution < 1.29 is 9.18 Å². The van der Waals surface area contributed by atoms with E-state index in [9.17, 15) is 9.18 Å². The minimum atomic E-state index is -0.308. The van der Waals surface area contributed by atoms with Gasteiger partial charge in [-0.3, -0.25) is 4.79 Å². The average molecular weight is 253 g/mol. The van der Waals surface area contributed by atoms with Gasteiger partial charge in [0.25, 0.3) is 5.91 Å². The molecule has 0 unspecified atom stereocenters. The van der Waals surface area contributed by atoms with Crippen molar-refractivity contribution in [2.75, 3.05) is 5.32 Å². The Bertz CT molecular complexity index is 704. The summed E-state index contributed by atoms with van der Waals surface area (Å²) in [5, 5.41) is 2.82. The van der Waals surface area contributed by atoms with Crippen LogP contribution in [0.2, 0.25) is 0 Å². The van der Waals surface area contributed by atoms with Crippen LogP contribution < -0.4 is 5.32 Å². The van der Waals surface area contributed by atoms with Gasteiger partial charge in [-0.15, -0.1) is 0 Å². The number of hydrogen-bond donors (Lipinski definition) is 1. The first-order chi connectivity index (χ1) is 9.13. The Morgan fingerprint density at radius 2 is 2.00 bits per heavy atom. The maximum atomic E-state index is 13.2. The number of carbonyl (C=O) groups is 1. The highest BCUT2D eigenvalue weighted by Gasteiger charge is 2.23. The molecule has 0 saturated carbocycles. The fourth-order valence-electron chi connectivity index (χ4n) is 2.21. The molecule has 0 fully saturated rings. The minimum Gasteiger partial charge on any atom is -0.321 e. The van der Waals surface area contributed by atoms with E-state index in [0.29, 0.717) is 11.1 Å². The summed E-state index contributed by atoms with van der Waals surface area (Å²) >= 11 is 0. The molecular weight excluding hydrogens is 241 g/mol. The average Bonchev–Trinajstić information content (AvgIpc) is 2.65. The van der Waals surface area contributed by atoms with Gasteiger partial charge in [0.05, 0.1) is 0 Å². The van der Waals surface area contributed by atoms with Gasteiger partial charge in [0.1, 0.15) is 5.82 Å². The fraction of sp³-hybridized carbons (Fsp3) is 0.0625. The van der Waals surface area contributed by atoms with E-state index in [1.165, 1.54) is 12.1 Å². The number of halogens is 1. The topological polar surface area (TPSA) is 29.1 Å². The zero-order valence-corrected chi connectivity index (χ0v) is 10.4. The van der Waals surface area contributed by atoms with Crippen LogP contribution in [0.1, 0.15) is 16.7 Å². The third kappa shape index (κ3) is 2.15. The molecule has 3 rings (SSSR count). The van der Waals surface area contributed by atoms with Gasteiger partial charge in [-0.05, 0) is 42.3 Å². The molecule has 1 heterocycles. The maximum absolute atomic E-state index is 13.2. The first kappa shape index (κ1) is 11.7. The second-order valence-electron chi connectivity index (χ2n) is 4.62. The van der Waals surface area contributed by atoms with Gasteiger partial charge in [0.15, 0.2) is 0 Å². The highest BCUT2D eigenvalue weighted by Crippen LogP contribution is 2.33. The second-order valence-corrected chi connectivity index (χ2v) is 4.62. The summed E-state index contributed by atoms with van der Waals surface area (Å²) in [5.74, 6) is -0.457. The summed E-state index contributed by atoms with van der Waals surface area (Å²) in [5.41, 5.74) is 4.01. The predicted octanol–water partition coefficient (Wildman–Crippen LogP) is 3.63. The van der Waals surface area contributed by atoms with Crippen molar-refractivity contribution in [3.05, 3.63) is 65.0 Å². The lowest BCUT2D eigenvalue weighted by atomic mass is 10.0. The molecule has 3 heteroatoms. The van der Waals surface area contributed by atoms with Gasteiger partial charge in [-0.2, -0.15) is 0 Å². The zero-order chi connectivity index (χ0) is 13.4. The Balaban J connectivity index is 2.09. The lowest BCUT2D eigenvalue weighted by Gasteiger charge is -2.00. The summed E-state index contributed by atoms with van der Waals surface area (Å²) in [6.45, 7) is 1.97. The monoisotopic (exact) mass is 253 g/mol. The standard InChI is InChI=1S/C16H12FNO/c1-10-5-6-13-14(16(19)18-15(13)7-10)9-11-3-2-4-12(17)8-11/h2-9H,1H3,(H,18,19). The van der Waals surface area contributed by atoms with Crippen LogP contribution in [-0.2, 0) is 4.79 Å². The molecule has 1 amide bonds. The Morgan fingerprint density at radius 3 is 2.79 bits per heavy atom. The number of nitrogens with one attached hydrogen (secondary N) is 1. The number of carbonyl (C=O) groups excluding carboxylic acids is 1. The lowest BCUT2D eigenvalue weighted by molar-refractivity contribution is -0.110. The van der Waals surface area contributed by atoms with Crippen LogP contribution in [0.3, 0.4) is 0 Å². The number of benzene rings is 2. The largest absolute Gasteiger partial charge is 0.321 e. The molecule has 1 aliphatic heterocycles. The smallest absolute Gasteiger partial charge is 0.256 e. The van der Waals surface area contributed by atoms with Gasteiger partial charge in [0, 0.05) is 16.8 Å². The highest BCUT2D eigenvalue weighted by molar-refractivity contribution is 6.34. The van der Waals surface area contributed by atoms with Crippen LogP contribution in [0.15, 0.2) is 42.5 Å². The first-order valence-corrected chi connectivity index (χ1v) is 6.03. The molecule has 0 saturated heterocycles. The van der Waals surface area contributed by atoms with Crippen molar-refractivity contribution in [1.29, 1.82) is 0 Å². The first-order valence-electron chi connectivity index (χ1n) is 6.03. The number of anilines is 1. The van der Waals surface area contributed by atoms with Gasteiger partial charge >= 0.3 is 0 Å². The van der Waals surface area contributed by atoms with Crippen LogP contribution in [0, 0.1) is 12.7 Å². The van der Waals surface area contributed by atoms with E-state index in [2.05, 4.69) is 5.32 Å². The highest BCUT2D eigenvalue weighted by atomic mass is 19.1. The Labute approximate surface area is 110 Å². The molecule has 94 valence electrons. The van der Waals surface area contributed by atoms with Gasteiger partial charge in [0.2, 0.25) is 0 Å². The van der Waals surface area contributed by atoms with Crippen LogP contribution in [-0.4, -0.2) is 5.91 Å². The molecule has 0 aliphatic carbocycles. The van der Waals surface area contributed by atoms with Gasteiger partial charge < -0.3 is 5.32 Å². The molecule has 1 aliphatic rings. The van der Waals surface area contributed by atoms with Crippen molar-refractivity contribution >= 4 is 23.2 Å². The maximum Gasteiger partial charge on any atom is 0.256 e.